The molecule has 1 aromatic heterocycles. The molecule has 0 N–H and O–H groups in total. The van der Waals surface area contributed by atoms with Gasteiger partial charge in [0.2, 0.25) is 0 Å². The number of unbranched alkanes of at least 4 members (excludes halogenated alkanes) is 4. The van der Waals surface area contributed by atoms with Crippen molar-refractivity contribution in [1.82, 2.24) is 10.2 Å². The van der Waals surface area contributed by atoms with Crippen LogP contribution in [-0.2, 0) is 6.42 Å². The maximum absolute atomic E-state index is 8.79. The highest BCUT2D eigenvalue weighted by molar-refractivity contribution is 5.59. The van der Waals surface area contributed by atoms with E-state index >= 15 is 0 Å². The lowest BCUT2D eigenvalue weighted by Crippen LogP contribution is -1.95. The van der Waals surface area contributed by atoms with Gasteiger partial charge in [-0.3, -0.25) is 0 Å². The highest BCUT2D eigenvalue weighted by atomic mass is 15.1. The van der Waals surface area contributed by atoms with Crippen LogP contribution in [0.3, 0.4) is 0 Å². The molecule has 108 valence electrons. The minimum absolute atomic E-state index is 0.662. The fourth-order valence-electron chi connectivity index (χ4n) is 2.27. The van der Waals surface area contributed by atoms with Gasteiger partial charge in [0.15, 0.2) is 0 Å². The standard InChI is InChI=1S/C18H21N3/c1-2-3-4-5-6-7-17-12-13-18(21-20-17)16-10-8-15(14-19)9-11-16/h8-13H,2-7H2,1H3. The summed E-state index contributed by atoms with van der Waals surface area (Å²) in [4.78, 5) is 0. The molecule has 0 atom stereocenters. The third-order valence-corrected chi connectivity index (χ3v) is 3.57. The van der Waals surface area contributed by atoms with Crippen molar-refractivity contribution in [2.45, 2.75) is 45.4 Å². The van der Waals surface area contributed by atoms with Gasteiger partial charge in [-0.2, -0.15) is 15.5 Å². The Morgan fingerprint density at radius 1 is 0.905 bits per heavy atom. The van der Waals surface area contributed by atoms with Crippen molar-refractivity contribution in [1.29, 1.82) is 5.26 Å². The van der Waals surface area contributed by atoms with Gasteiger partial charge in [-0.25, -0.2) is 0 Å². The van der Waals surface area contributed by atoms with Crippen molar-refractivity contribution in [2.75, 3.05) is 0 Å². The molecule has 0 radical (unpaired) electrons. The Bertz CT molecular complexity index is 579. The summed E-state index contributed by atoms with van der Waals surface area (Å²) >= 11 is 0. The van der Waals surface area contributed by atoms with Crippen LogP contribution >= 0.6 is 0 Å². The molecule has 21 heavy (non-hydrogen) atoms. The van der Waals surface area contributed by atoms with Crippen molar-refractivity contribution in [3.8, 4) is 17.3 Å². The molecule has 0 saturated carbocycles. The number of hydrogen-bond donors (Lipinski definition) is 0. The van der Waals surface area contributed by atoms with Crippen molar-refractivity contribution >= 4 is 0 Å². The molecule has 0 saturated heterocycles. The highest BCUT2D eigenvalue weighted by Gasteiger charge is 2.02. The van der Waals surface area contributed by atoms with E-state index in [1.54, 1.807) is 12.1 Å². The third kappa shape index (κ3) is 4.68. The summed E-state index contributed by atoms with van der Waals surface area (Å²) in [6, 6.07) is 13.6. The zero-order valence-corrected chi connectivity index (χ0v) is 12.5. The minimum Gasteiger partial charge on any atom is -0.192 e. The first-order valence-electron chi connectivity index (χ1n) is 7.66. The zero-order chi connectivity index (χ0) is 14.9. The molecule has 2 aromatic rings. The summed E-state index contributed by atoms with van der Waals surface area (Å²) in [6.07, 6.45) is 7.37. The molecule has 1 heterocycles. The predicted octanol–water partition coefficient (Wildman–Crippen LogP) is 4.53. The molecule has 3 nitrogen and oxygen atoms in total. The van der Waals surface area contributed by atoms with Crippen molar-refractivity contribution in [3.63, 3.8) is 0 Å². The Labute approximate surface area is 126 Å². The smallest absolute Gasteiger partial charge is 0.0991 e. The highest BCUT2D eigenvalue weighted by Crippen LogP contribution is 2.17. The third-order valence-electron chi connectivity index (χ3n) is 3.57. The monoisotopic (exact) mass is 279 g/mol. The van der Waals surface area contributed by atoms with E-state index in [2.05, 4.69) is 29.3 Å². The molecule has 0 bridgehead atoms. The fraction of sp³-hybridized carbons (Fsp3) is 0.389. The topological polar surface area (TPSA) is 49.6 Å². The number of aromatic nitrogens is 2. The molecule has 0 aliphatic rings. The largest absolute Gasteiger partial charge is 0.192 e. The molecule has 0 unspecified atom stereocenters. The quantitative estimate of drug-likeness (QED) is 0.700. The Morgan fingerprint density at radius 3 is 2.29 bits per heavy atom. The summed E-state index contributed by atoms with van der Waals surface area (Å²) < 4.78 is 0. The summed E-state index contributed by atoms with van der Waals surface area (Å²) in [5, 5.41) is 17.4. The first-order valence-corrected chi connectivity index (χ1v) is 7.66. The molecule has 3 heteroatoms. The fourth-order valence-corrected chi connectivity index (χ4v) is 2.27. The van der Waals surface area contributed by atoms with Crippen LogP contribution in [0.25, 0.3) is 11.3 Å². The lowest BCUT2D eigenvalue weighted by atomic mass is 10.1. The molecule has 0 aliphatic heterocycles. The summed E-state index contributed by atoms with van der Waals surface area (Å²) in [7, 11) is 0. The van der Waals surface area contributed by atoms with Gasteiger partial charge < -0.3 is 0 Å². The van der Waals surface area contributed by atoms with Gasteiger partial charge in [0.25, 0.3) is 0 Å². The Morgan fingerprint density at radius 2 is 1.67 bits per heavy atom. The molecular weight excluding hydrogens is 258 g/mol. The van der Waals surface area contributed by atoms with E-state index in [-0.39, 0.29) is 0 Å². The molecule has 0 fully saturated rings. The molecule has 0 aliphatic carbocycles. The number of hydrogen-bond acceptors (Lipinski definition) is 3. The molecule has 0 spiro atoms. The second-order valence-electron chi connectivity index (χ2n) is 5.26. The van der Waals surface area contributed by atoms with Crippen LogP contribution < -0.4 is 0 Å². The van der Waals surface area contributed by atoms with Gasteiger partial charge in [0.05, 0.1) is 23.0 Å². The molecular formula is C18H21N3. The van der Waals surface area contributed by atoms with Gasteiger partial charge in [0.1, 0.15) is 0 Å². The number of nitrogens with zero attached hydrogens (tertiary/aromatic N) is 3. The van der Waals surface area contributed by atoms with Crippen molar-refractivity contribution in [3.05, 3.63) is 47.7 Å². The Balaban J connectivity index is 1.90. The Hall–Kier alpha value is -2.21. The van der Waals surface area contributed by atoms with Crippen molar-refractivity contribution in [2.24, 2.45) is 0 Å². The summed E-state index contributed by atoms with van der Waals surface area (Å²) in [6.45, 7) is 2.23. The maximum Gasteiger partial charge on any atom is 0.0991 e. The van der Waals surface area contributed by atoms with Gasteiger partial charge in [-0.15, -0.1) is 0 Å². The first kappa shape index (κ1) is 15.2. The van der Waals surface area contributed by atoms with E-state index in [9.17, 15) is 0 Å². The van der Waals surface area contributed by atoms with E-state index in [4.69, 9.17) is 5.26 Å². The van der Waals surface area contributed by atoms with Crippen LogP contribution in [0.15, 0.2) is 36.4 Å². The van der Waals surface area contributed by atoms with Crippen LogP contribution in [0.5, 0.6) is 0 Å². The second-order valence-corrected chi connectivity index (χ2v) is 5.26. The zero-order valence-electron chi connectivity index (χ0n) is 12.5. The van der Waals surface area contributed by atoms with Gasteiger partial charge in [0, 0.05) is 5.56 Å². The SMILES string of the molecule is CCCCCCCc1ccc(-c2ccc(C#N)cc2)nn1. The van der Waals surface area contributed by atoms with Gasteiger partial charge >= 0.3 is 0 Å². The number of nitriles is 1. The average molecular weight is 279 g/mol. The van der Waals surface area contributed by atoms with Crippen LogP contribution in [0.4, 0.5) is 0 Å². The van der Waals surface area contributed by atoms with E-state index in [1.807, 2.05) is 18.2 Å². The van der Waals surface area contributed by atoms with E-state index in [0.29, 0.717) is 5.56 Å². The van der Waals surface area contributed by atoms with Crippen LogP contribution in [0.1, 0.15) is 50.3 Å². The van der Waals surface area contributed by atoms with E-state index in [1.165, 1.54) is 32.1 Å². The number of benzene rings is 1. The van der Waals surface area contributed by atoms with E-state index in [0.717, 1.165) is 23.4 Å². The number of rotatable bonds is 7. The maximum atomic E-state index is 8.79. The number of aryl methyl sites for hydroxylation is 1. The molecule has 1 aromatic carbocycles. The molecule has 0 amide bonds. The summed E-state index contributed by atoms with van der Waals surface area (Å²) in [5.74, 6) is 0. The van der Waals surface area contributed by atoms with Gasteiger partial charge in [-0.05, 0) is 37.1 Å². The van der Waals surface area contributed by atoms with Crippen LogP contribution in [-0.4, -0.2) is 10.2 Å². The lowest BCUT2D eigenvalue weighted by molar-refractivity contribution is 0.625. The predicted molar refractivity (Wildman–Crippen MR) is 84.6 cm³/mol. The molecule has 2 rings (SSSR count). The lowest BCUT2D eigenvalue weighted by Gasteiger charge is -2.03. The minimum atomic E-state index is 0.662. The average Bonchev–Trinajstić information content (AvgIpc) is 2.55. The van der Waals surface area contributed by atoms with Crippen LogP contribution in [0.2, 0.25) is 0 Å². The van der Waals surface area contributed by atoms with E-state index < -0.39 is 0 Å². The van der Waals surface area contributed by atoms with Crippen LogP contribution in [0, 0.1) is 11.3 Å². The van der Waals surface area contributed by atoms with Crippen molar-refractivity contribution < 1.29 is 0 Å². The normalized spacial score (nSPS) is 10.3. The van der Waals surface area contributed by atoms with Gasteiger partial charge in [-0.1, -0.05) is 44.7 Å². The Kier molecular flexibility index (Phi) is 5.90. The first-order chi connectivity index (χ1) is 10.3. The summed E-state index contributed by atoms with van der Waals surface area (Å²) in [5.41, 5.74) is 3.57. The second kappa shape index (κ2) is 8.16.